The minimum Gasteiger partial charge on any atom is -0.328 e. The number of nitro benzene ring substituents is 1. The largest absolute Gasteiger partial charge is 0.328 e. The van der Waals surface area contributed by atoms with Crippen LogP contribution in [0.2, 0.25) is 0 Å². The van der Waals surface area contributed by atoms with E-state index in [1.165, 1.54) is 12.1 Å². The van der Waals surface area contributed by atoms with E-state index < -0.39 is 4.92 Å². The first-order valence-corrected chi connectivity index (χ1v) is 9.82. The molecule has 1 N–H and O–H groups in total. The van der Waals surface area contributed by atoms with Crippen molar-refractivity contribution >= 4 is 17.4 Å². The molecule has 2 aromatic carbocycles. The van der Waals surface area contributed by atoms with Gasteiger partial charge in [0.2, 0.25) is 5.95 Å². The summed E-state index contributed by atoms with van der Waals surface area (Å²) < 4.78 is 1.76. The summed E-state index contributed by atoms with van der Waals surface area (Å²) in [6.07, 6.45) is 2.14. The first kappa shape index (κ1) is 18.2. The SMILES string of the molecule is Cc1cccc(C2C3=C(CCCC3=O)Nc3nc(-c4ccc([N+](=O)[O-])cc4)nn32)c1. The number of nitro groups is 1. The summed E-state index contributed by atoms with van der Waals surface area (Å²) in [5, 5.41) is 18.9. The molecule has 1 aliphatic heterocycles. The Balaban J connectivity index is 1.63. The number of nitrogens with one attached hydrogen (secondary N) is 1. The molecule has 1 aromatic heterocycles. The van der Waals surface area contributed by atoms with E-state index in [1.807, 2.05) is 25.1 Å². The van der Waals surface area contributed by atoms with Crippen molar-refractivity contribution in [2.45, 2.75) is 32.2 Å². The normalized spacial score (nSPS) is 17.9. The lowest BCUT2D eigenvalue weighted by molar-refractivity contribution is -0.384. The number of benzene rings is 2. The number of allylic oxidation sites excluding steroid dienone is 2. The smallest absolute Gasteiger partial charge is 0.269 e. The summed E-state index contributed by atoms with van der Waals surface area (Å²) in [7, 11) is 0. The van der Waals surface area contributed by atoms with Crippen molar-refractivity contribution in [3.63, 3.8) is 0 Å². The van der Waals surface area contributed by atoms with Crippen LogP contribution in [0.5, 0.6) is 0 Å². The van der Waals surface area contributed by atoms with Gasteiger partial charge in [0.15, 0.2) is 11.6 Å². The maximum Gasteiger partial charge on any atom is 0.269 e. The van der Waals surface area contributed by atoms with E-state index in [-0.39, 0.29) is 17.5 Å². The van der Waals surface area contributed by atoms with Gasteiger partial charge in [-0.15, -0.1) is 5.10 Å². The Morgan fingerprint density at radius 3 is 2.70 bits per heavy atom. The topological polar surface area (TPSA) is 103 Å². The fraction of sp³-hybridized carbons (Fsp3) is 0.227. The zero-order valence-electron chi connectivity index (χ0n) is 16.3. The van der Waals surface area contributed by atoms with E-state index in [0.717, 1.165) is 35.2 Å². The molecule has 0 bridgehead atoms. The molecule has 3 aromatic rings. The van der Waals surface area contributed by atoms with Gasteiger partial charge in [0.1, 0.15) is 6.04 Å². The molecule has 8 heteroatoms. The Labute approximate surface area is 172 Å². The first-order chi connectivity index (χ1) is 14.5. The first-order valence-electron chi connectivity index (χ1n) is 9.82. The van der Waals surface area contributed by atoms with Crippen molar-refractivity contribution < 1.29 is 9.72 Å². The summed E-state index contributed by atoms with van der Waals surface area (Å²) in [6, 6.07) is 13.9. The molecule has 2 aliphatic rings. The number of non-ortho nitro benzene ring substituents is 1. The van der Waals surface area contributed by atoms with Crippen molar-refractivity contribution in [1.29, 1.82) is 0 Å². The van der Waals surface area contributed by atoms with E-state index in [1.54, 1.807) is 16.8 Å². The van der Waals surface area contributed by atoms with Crippen LogP contribution in [-0.4, -0.2) is 25.5 Å². The van der Waals surface area contributed by atoms with Crippen LogP contribution in [0.4, 0.5) is 11.6 Å². The second-order valence-corrected chi connectivity index (χ2v) is 7.62. The van der Waals surface area contributed by atoms with Gasteiger partial charge in [0.25, 0.3) is 5.69 Å². The summed E-state index contributed by atoms with van der Waals surface area (Å²) in [6.45, 7) is 2.02. The van der Waals surface area contributed by atoms with Crippen LogP contribution in [0.3, 0.4) is 0 Å². The van der Waals surface area contributed by atoms with Crippen LogP contribution < -0.4 is 5.32 Å². The van der Waals surface area contributed by atoms with Crippen LogP contribution in [0.25, 0.3) is 11.4 Å². The number of anilines is 1. The monoisotopic (exact) mass is 401 g/mol. The fourth-order valence-electron chi connectivity index (χ4n) is 4.16. The molecule has 0 spiro atoms. The number of fused-ring (bicyclic) bond motifs is 1. The second kappa shape index (κ2) is 6.91. The van der Waals surface area contributed by atoms with Crippen molar-refractivity contribution in [2.24, 2.45) is 0 Å². The molecule has 150 valence electrons. The number of rotatable bonds is 3. The molecule has 1 unspecified atom stereocenters. The van der Waals surface area contributed by atoms with Gasteiger partial charge in [-0.3, -0.25) is 14.9 Å². The Morgan fingerprint density at radius 2 is 1.97 bits per heavy atom. The number of carbonyl (C=O) groups is 1. The predicted octanol–water partition coefficient (Wildman–Crippen LogP) is 4.18. The number of Topliss-reactive ketones (excluding diaryl/α,β-unsaturated/α-hetero) is 1. The van der Waals surface area contributed by atoms with Crippen molar-refractivity contribution in [3.05, 3.63) is 81.0 Å². The molecule has 30 heavy (non-hydrogen) atoms. The van der Waals surface area contributed by atoms with E-state index in [9.17, 15) is 14.9 Å². The minimum absolute atomic E-state index is 0.0150. The Bertz CT molecular complexity index is 1210. The molecule has 1 aliphatic carbocycles. The predicted molar refractivity (Wildman–Crippen MR) is 111 cm³/mol. The average Bonchev–Trinajstić information content (AvgIpc) is 3.16. The average molecular weight is 401 g/mol. The van der Waals surface area contributed by atoms with E-state index in [2.05, 4.69) is 16.4 Å². The van der Waals surface area contributed by atoms with Crippen LogP contribution in [-0.2, 0) is 4.79 Å². The molecule has 5 rings (SSSR count). The number of aryl methyl sites for hydroxylation is 1. The van der Waals surface area contributed by atoms with Crippen molar-refractivity contribution in [3.8, 4) is 11.4 Å². The fourth-order valence-corrected chi connectivity index (χ4v) is 4.16. The molecule has 8 nitrogen and oxygen atoms in total. The number of hydrogen-bond donors (Lipinski definition) is 1. The van der Waals surface area contributed by atoms with Gasteiger partial charge in [-0.1, -0.05) is 29.8 Å². The second-order valence-electron chi connectivity index (χ2n) is 7.62. The van der Waals surface area contributed by atoms with E-state index >= 15 is 0 Å². The number of ketones is 1. The number of carbonyl (C=O) groups excluding carboxylic acids is 1. The zero-order chi connectivity index (χ0) is 20.8. The quantitative estimate of drug-likeness (QED) is 0.522. The van der Waals surface area contributed by atoms with Crippen molar-refractivity contribution in [1.82, 2.24) is 14.8 Å². The summed E-state index contributed by atoms with van der Waals surface area (Å²) in [5.74, 6) is 1.16. The van der Waals surface area contributed by atoms with Gasteiger partial charge in [-0.25, -0.2) is 4.68 Å². The lowest BCUT2D eigenvalue weighted by Crippen LogP contribution is -2.31. The highest BCUT2D eigenvalue weighted by Gasteiger charge is 2.36. The Morgan fingerprint density at radius 1 is 1.17 bits per heavy atom. The third-order valence-electron chi connectivity index (χ3n) is 5.56. The lowest BCUT2D eigenvalue weighted by atomic mass is 9.85. The van der Waals surface area contributed by atoms with E-state index in [4.69, 9.17) is 5.10 Å². The Kier molecular flexibility index (Phi) is 4.20. The van der Waals surface area contributed by atoms with Gasteiger partial charge in [0.05, 0.1) is 4.92 Å². The molecule has 0 amide bonds. The third-order valence-corrected chi connectivity index (χ3v) is 5.56. The standard InChI is InChI=1S/C22H19N5O3/c1-13-4-2-5-15(12-13)20-19-17(6-3-7-18(19)28)23-22-24-21(25-26(20)22)14-8-10-16(11-9-14)27(29)30/h2,4-5,8-12,20H,3,6-7H2,1H3,(H,23,24,25). The zero-order valence-corrected chi connectivity index (χ0v) is 16.3. The van der Waals surface area contributed by atoms with Crippen LogP contribution >= 0.6 is 0 Å². The molecule has 0 saturated heterocycles. The molecule has 0 saturated carbocycles. The van der Waals surface area contributed by atoms with Gasteiger partial charge in [0, 0.05) is 35.4 Å². The lowest BCUT2D eigenvalue weighted by Gasteiger charge is -2.32. The van der Waals surface area contributed by atoms with Crippen LogP contribution in [0.1, 0.15) is 36.4 Å². The molecule has 0 fully saturated rings. The van der Waals surface area contributed by atoms with Gasteiger partial charge in [-0.05, 0) is 37.5 Å². The number of aromatic nitrogens is 3. The van der Waals surface area contributed by atoms with E-state index in [0.29, 0.717) is 23.8 Å². The highest BCUT2D eigenvalue weighted by molar-refractivity contribution is 5.99. The number of nitrogens with zero attached hydrogens (tertiary/aromatic N) is 4. The van der Waals surface area contributed by atoms with Gasteiger partial charge >= 0.3 is 0 Å². The number of hydrogen-bond acceptors (Lipinski definition) is 6. The summed E-state index contributed by atoms with van der Waals surface area (Å²) in [4.78, 5) is 28.0. The van der Waals surface area contributed by atoms with Crippen LogP contribution in [0, 0.1) is 17.0 Å². The molecular formula is C22H19N5O3. The Hall–Kier alpha value is -3.81. The molecule has 2 heterocycles. The maximum atomic E-state index is 12.9. The maximum absolute atomic E-state index is 12.9. The van der Waals surface area contributed by atoms with Crippen molar-refractivity contribution in [2.75, 3.05) is 5.32 Å². The summed E-state index contributed by atoms with van der Waals surface area (Å²) >= 11 is 0. The van der Waals surface area contributed by atoms with Gasteiger partial charge in [-0.2, -0.15) is 4.98 Å². The van der Waals surface area contributed by atoms with Crippen LogP contribution in [0.15, 0.2) is 59.8 Å². The highest BCUT2D eigenvalue weighted by atomic mass is 16.6. The molecule has 0 radical (unpaired) electrons. The summed E-state index contributed by atoms with van der Waals surface area (Å²) in [5.41, 5.74) is 4.44. The highest BCUT2D eigenvalue weighted by Crippen LogP contribution is 2.40. The van der Waals surface area contributed by atoms with Gasteiger partial charge < -0.3 is 5.32 Å². The molecular weight excluding hydrogens is 382 g/mol. The minimum atomic E-state index is -0.436. The third kappa shape index (κ3) is 2.97. The molecule has 1 atom stereocenters.